The Labute approximate surface area is 146 Å². The zero-order chi connectivity index (χ0) is 17.6. The lowest BCUT2D eigenvalue weighted by molar-refractivity contribution is -0.130. The first-order chi connectivity index (χ1) is 11.5. The zero-order valence-corrected chi connectivity index (χ0v) is 15.3. The maximum absolute atomic E-state index is 12.9. The second-order valence-corrected chi connectivity index (χ2v) is 7.59. The average molecular weight is 332 g/mol. The van der Waals surface area contributed by atoms with Gasteiger partial charge in [-0.3, -0.25) is 4.79 Å². The Bertz CT molecular complexity index is 536. The highest BCUT2D eigenvalue weighted by atomic mass is 16.5. The largest absolute Gasteiger partial charge is 0.496 e. The fourth-order valence-corrected chi connectivity index (χ4v) is 3.67. The van der Waals surface area contributed by atoms with Crippen molar-refractivity contribution < 1.29 is 9.53 Å². The van der Waals surface area contributed by atoms with Crippen molar-refractivity contribution in [2.45, 2.75) is 58.4 Å². The number of amides is 1. The van der Waals surface area contributed by atoms with E-state index in [0.717, 1.165) is 11.3 Å². The second kappa shape index (κ2) is 8.52. The number of hydrogen-bond donors (Lipinski definition) is 2. The van der Waals surface area contributed by atoms with Crippen LogP contribution in [0.25, 0.3) is 0 Å². The predicted octanol–water partition coefficient (Wildman–Crippen LogP) is 3.29. The van der Waals surface area contributed by atoms with Crippen molar-refractivity contribution >= 4 is 5.91 Å². The number of carbonyl (C=O) groups is 1. The normalized spacial score (nSPS) is 17.3. The van der Waals surface area contributed by atoms with E-state index in [1.807, 2.05) is 38.1 Å². The number of nitrogens with one attached hydrogen (secondary N) is 1. The molecule has 4 nitrogen and oxygen atoms in total. The van der Waals surface area contributed by atoms with Crippen LogP contribution in [0.3, 0.4) is 0 Å². The van der Waals surface area contributed by atoms with E-state index < -0.39 is 5.41 Å². The second-order valence-electron chi connectivity index (χ2n) is 7.59. The first-order valence-electron chi connectivity index (χ1n) is 9.11. The molecule has 0 bridgehead atoms. The third-order valence-electron chi connectivity index (χ3n) is 5.23. The van der Waals surface area contributed by atoms with Gasteiger partial charge in [-0.05, 0) is 36.8 Å². The van der Waals surface area contributed by atoms with Crippen molar-refractivity contribution in [3.63, 3.8) is 0 Å². The average Bonchev–Trinajstić information content (AvgIpc) is 2.60. The summed E-state index contributed by atoms with van der Waals surface area (Å²) in [5.74, 6) is 1.44. The highest BCUT2D eigenvalue weighted by Gasteiger charge is 2.32. The molecule has 1 fully saturated rings. The van der Waals surface area contributed by atoms with Crippen LogP contribution < -0.4 is 15.8 Å². The number of para-hydroxylation sites is 1. The first kappa shape index (κ1) is 18.8. The van der Waals surface area contributed by atoms with E-state index >= 15 is 0 Å². The SMILES string of the molecule is COc1ccccc1CC(C)(C)C(=O)NC(CN)C1CCCCC1. The minimum Gasteiger partial charge on any atom is -0.496 e. The van der Waals surface area contributed by atoms with E-state index in [1.165, 1.54) is 32.1 Å². The molecule has 0 aliphatic heterocycles. The highest BCUT2D eigenvalue weighted by molar-refractivity contribution is 5.82. The molecule has 3 N–H and O–H groups in total. The maximum atomic E-state index is 12.9. The van der Waals surface area contributed by atoms with E-state index in [2.05, 4.69) is 5.32 Å². The highest BCUT2D eigenvalue weighted by Crippen LogP contribution is 2.30. The summed E-state index contributed by atoms with van der Waals surface area (Å²) in [6, 6.07) is 7.98. The van der Waals surface area contributed by atoms with Gasteiger partial charge in [-0.15, -0.1) is 0 Å². The van der Waals surface area contributed by atoms with Gasteiger partial charge < -0.3 is 15.8 Å². The molecule has 0 aromatic heterocycles. The lowest BCUT2D eigenvalue weighted by Gasteiger charge is -2.33. The van der Waals surface area contributed by atoms with Crippen molar-refractivity contribution in [1.82, 2.24) is 5.32 Å². The van der Waals surface area contributed by atoms with E-state index in [4.69, 9.17) is 10.5 Å². The van der Waals surface area contributed by atoms with Crippen molar-refractivity contribution in [2.24, 2.45) is 17.1 Å². The van der Waals surface area contributed by atoms with Crippen LogP contribution >= 0.6 is 0 Å². The summed E-state index contributed by atoms with van der Waals surface area (Å²) in [7, 11) is 1.67. The summed E-state index contributed by atoms with van der Waals surface area (Å²) < 4.78 is 5.42. The molecule has 0 saturated heterocycles. The van der Waals surface area contributed by atoms with Gasteiger partial charge in [0.1, 0.15) is 5.75 Å². The van der Waals surface area contributed by atoms with Crippen LogP contribution in [0.1, 0.15) is 51.5 Å². The van der Waals surface area contributed by atoms with Crippen LogP contribution in [-0.4, -0.2) is 25.6 Å². The molecule has 0 spiro atoms. The van der Waals surface area contributed by atoms with Crippen molar-refractivity contribution in [3.05, 3.63) is 29.8 Å². The Kier molecular flexibility index (Phi) is 6.67. The summed E-state index contributed by atoms with van der Waals surface area (Å²) in [5, 5.41) is 3.23. The minimum atomic E-state index is -0.503. The number of hydrogen-bond acceptors (Lipinski definition) is 3. The molecule has 134 valence electrons. The zero-order valence-electron chi connectivity index (χ0n) is 15.3. The molecule has 1 aliphatic rings. The number of ether oxygens (including phenoxy) is 1. The van der Waals surface area contributed by atoms with E-state index in [9.17, 15) is 4.79 Å². The van der Waals surface area contributed by atoms with Gasteiger partial charge >= 0.3 is 0 Å². The van der Waals surface area contributed by atoms with Crippen LogP contribution in [0.4, 0.5) is 0 Å². The lowest BCUT2D eigenvalue weighted by atomic mass is 9.81. The Balaban J connectivity index is 2.03. The molecule has 1 unspecified atom stereocenters. The van der Waals surface area contributed by atoms with E-state index in [0.29, 0.717) is 18.9 Å². The van der Waals surface area contributed by atoms with Crippen LogP contribution in [0.2, 0.25) is 0 Å². The smallest absolute Gasteiger partial charge is 0.226 e. The Hall–Kier alpha value is -1.55. The molecule has 0 radical (unpaired) electrons. The fourth-order valence-electron chi connectivity index (χ4n) is 3.67. The molecule has 4 heteroatoms. The lowest BCUT2D eigenvalue weighted by Crippen LogP contribution is -2.50. The summed E-state index contributed by atoms with van der Waals surface area (Å²) >= 11 is 0. The van der Waals surface area contributed by atoms with E-state index in [1.54, 1.807) is 7.11 Å². The topological polar surface area (TPSA) is 64.3 Å². The van der Waals surface area contributed by atoms with Gasteiger partial charge in [-0.25, -0.2) is 0 Å². The summed E-state index contributed by atoms with van der Waals surface area (Å²) in [4.78, 5) is 12.9. The van der Waals surface area contributed by atoms with Gasteiger partial charge in [-0.1, -0.05) is 51.3 Å². The van der Waals surface area contributed by atoms with Gasteiger partial charge in [0.2, 0.25) is 5.91 Å². The maximum Gasteiger partial charge on any atom is 0.226 e. The van der Waals surface area contributed by atoms with Crippen molar-refractivity contribution in [1.29, 1.82) is 0 Å². The fraction of sp³-hybridized carbons (Fsp3) is 0.650. The minimum absolute atomic E-state index is 0.0782. The molecule has 1 atom stereocenters. The molecule has 1 amide bonds. The van der Waals surface area contributed by atoms with Gasteiger partial charge in [0.25, 0.3) is 0 Å². The number of benzene rings is 1. The number of carbonyl (C=O) groups excluding carboxylic acids is 1. The molecule has 0 heterocycles. The van der Waals surface area contributed by atoms with Crippen LogP contribution in [0.15, 0.2) is 24.3 Å². The molecular formula is C20H32N2O2. The van der Waals surface area contributed by atoms with Gasteiger partial charge in [0.15, 0.2) is 0 Å². The number of rotatable bonds is 7. The summed E-state index contributed by atoms with van der Waals surface area (Å²) in [6.45, 7) is 4.49. The number of methoxy groups -OCH3 is 1. The Morgan fingerprint density at radius 1 is 1.29 bits per heavy atom. The van der Waals surface area contributed by atoms with Crippen molar-refractivity contribution in [3.8, 4) is 5.75 Å². The van der Waals surface area contributed by atoms with Crippen molar-refractivity contribution in [2.75, 3.05) is 13.7 Å². The Morgan fingerprint density at radius 3 is 2.58 bits per heavy atom. The quantitative estimate of drug-likeness (QED) is 0.805. The molecular weight excluding hydrogens is 300 g/mol. The third-order valence-corrected chi connectivity index (χ3v) is 5.23. The van der Waals surface area contributed by atoms with Gasteiger partial charge in [0, 0.05) is 18.0 Å². The third kappa shape index (κ3) is 4.73. The van der Waals surface area contributed by atoms with Crippen LogP contribution in [0.5, 0.6) is 5.75 Å². The molecule has 1 aromatic rings. The Morgan fingerprint density at radius 2 is 1.96 bits per heavy atom. The molecule has 2 rings (SSSR count). The monoisotopic (exact) mass is 332 g/mol. The standard InChI is InChI=1S/C20H32N2O2/c1-20(2,13-16-11-7-8-12-18(16)24-3)19(23)22-17(14-21)15-9-5-4-6-10-15/h7-8,11-12,15,17H,4-6,9-10,13-14,21H2,1-3H3,(H,22,23). The molecule has 24 heavy (non-hydrogen) atoms. The number of nitrogens with two attached hydrogens (primary N) is 1. The first-order valence-corrected chi connectivity index (χ1v) is 9.11. The summed E-state index contributed by atoms with van der Waals surface area (Å²) in [5.41, 5.74) is 6.51. The predicted molar refractivity (Wildman–Crippen MR) is 98.0 cm³/mol. The van der Waals surface area contributed by atoms with Gasteiger partial charge in [-0.2, -0.15) is 0 Å². The van der Waals surface area contributed by atoms with Crippen LogP contribution in [0, 0.1) is 11.3 Å². The van der Waals surface area contributed by atoms with E-state index in [-0.39, 0.29) is 11.9 Å². The molecule has 1 aromatic carbocycles. The summed E-state index contributed by atoms with van der Waals surface area (Å²) in [6.07, 6.45) is 6.80. The van der Waals surface area contributed by atoms with Gasteiger partial charge in [0.05, 0.1) is 7.11 Å². The molecule has 1 saturated carbocycles. The van der Waals surface area contributed by atoms with Crippen LogP contribution in [-0.2, 0) is 11.2 Å². The molecule has 1 aliphatic carbocycles.